The highest BCUT2D eigenvalue weighted by Gasteiger charge is 2.03. The Kier molecular flexibility index (Phi) is 4.77. The number of rotatable bonds is 6. The van der Waals surface area contributed by atoms with E-state index in [1.807, 2.05) is 0 Å². The Morgan fingerprint density at radius 1 is 1.40 bits per heavy atom. The van der Waals surface area contributed by atoms with Gasteiger partial charge in [-0.05, 0) is 31.0 Å². The molecular weight excluding hydrogens is 199 g/mol. The number of halogens is 1. The molecule has 0 heterocycles. The Hall–Kier alpha value is -1.42. The van der Waals surface area contributed by atoms with Gasteiger partial charge in [-0.25, -0.2) is 4.39 Å². The lowest BCUT2D eigenvalue weighted by Crippen LogP contribution is -2.00. The van der Waals surface area contributed by atoms with Crippen molar-refractivity contribution in [2.24, 2.45) is 0 Å². The van der Waals surface area contributed by atoms with Gasteiger partial charge in [-0.1, -0.05) is 0 Å². The minimum atomic E-state index is -0.538. The van der Waals surface area contributed by atoms with Crippen LogP contribution in [0.15, 0.2) is 18.2 Å². The fourth-order valence-corrected chi connectivity index (χ4v) is 1.10. The molecule has 0 aliphatic rings. The van der Waals surface area contributed by atoms with Crippen molar-refractivity contribution < 1.29 is 19.0 Å². The van der Waals surface area contributed by atoms with E-state index in [1.54, 1.807) is 0 Å². The summed E-state index contributed by atoms with van der Waals surface area (Å²) in [4.78, 5) is 10.3. The largest absolute Gasteiger partial charge is 0.491 e. The van der Waals surface area contributed by atoms with Gasteiger partial charge >= 0.3 is 0 Å². The van der Waals surface area contributed by atoms with E-state index < -0.39 is 5.82 Å². The third kappa shape index (κ3) is 3.67. The van der Waals surface area contributed by atoms with Gasteiger partial charge in [-0.2, -0.15) is 0 Å². The number of aliphatic hydroxyl groups is 1. The van der Waals surface area contributed by atoms with Crippen LogP contribution in [-0.4, -0.2) is 24.6 Å². The second kappa shape index (κ2) is 6.14. The molecule has 1 aromatic carbocycles. The predicted molar refractivity (Wildman–Crippen MR) is 53.6 cm³/mol. The quantitative estimate of drug-likeness (QED) is 0.577. The monoisotopic (exact) mass is 212 g/mol. The third-order valence-electron chi connectivity index (χ3n) is 1.90. The van der Waals surface area contributed by atoms with Crippen LogP contribution in [0, 0.1) is 5.82 Å². The maximum atomic E-state index is 13.2. The Labute approximate surface area is 87.5 Å². The maximum Gasteiger partial charge on any atom is 0.165 e. The zero-order valence-electron chi connectivity index (χ0n) is 8.28. The van der Waals surface area contributed by atoms with Crippen molar-refractivity contribution in [3.63, 3.8) is 0 Å². The molecule has 0 saturated heterocycles. The van der Waals surface area contributed by atoms with Crippen LogP contribution < -0.4 is 4.74 Å². The summed E-state index contributed by atoms with van der Waals surface area (Å²) in [5, 5.41) is 8.52. The van der Waals surface area contributed by atoms with Gasteiger partial charge in [-0.15, -0.1) is 0 Å². The van der Waals surface area contributed by atoms with Gasteiger partial charge in [0.15, 0.2) is 11.6 Å². The second-order valence-corrected chi connectivity index (χ2v) is 3.09. The number of hydrogen-bond acceptors (Lipinski definition) is 3. The second-order valence-electron chi connectivity index (χ2n) is 3.09. The molecule has 0 aliphatic carbocycles. The van der Waals surface area contributed by atoms with Gasteiger partial charge in [0, 0.05) is 12.2 Å². The lowest BCUT2D eigenvalue weighted by Gasteiger charge is -2.06. The van der Waals surface area contributed by atoms with Gasteiger partial charge in [0.25, 0.3) is 0 Å². The molecule has 0 amide bonds. The van der Waals surface area contributed by atoms with Crippen molar-refractivity contribution in [3.8, 4) is 5.75 Å². The van der Waals surface area contributed by atoms with Crippen LogP contribution in [0.1, 0.15) is 23.2 Å². The van der Waals surface area contributed by atoms with E-state index in [-0.39, 0.29) is 17.9 Å². The number of carbonyl (C=O) groups excluding carboxylic acids is 1. The molecule has 0 saturated carbocycles. The van der Waals surface area contributed by atoms with Crippen molar-refractivity contribution in [2.75, 3.05) is 13.2 Å². The zero-order chi connectivity index (χ0) is 11.1. The first-order valence-electron chi connectivity index (χ1n) is 4.76. The van der Waals surface area contributed by atoms with Crippen LogP contribution in [0.4, 0.5) is 4.39 Å². The summed E-state index contributed by atoms with van der Waals surface area (Å²) in [6, 6.07) is 4.06. The van der Waals surface area contributed by atoms with E-state index in [9.17, 15) is 9.18 Å². The van der Waals surface area contributed by atoms with E-state index in [1.165, 1.54) is 12.1 Å². The van der Waals surface area contributed by atoms with Crippen molar-refractivity contribution in [1.29, 1.82) is 0 Å². The minimum absolute atomic E-state index is 0.107. The molecule has 0 aliphatic heterocycles. The van der Waals surface area contributed by atoms with E-state index in [0.717, 1.165) is 6.07 Å². The molecule has 0 unspecified atom stereocenters. The van der Waals surface area contributed by atoms with Gasteiger partial charge in [0.1, 0.15) is 6.29 Å². The van der Waals surface area contributed by atoms with E-state index in [4.69, 9.17) is 9.84 Å². The first-order chi connectivity index (χ1) is 7.27. The molecule has 82 valence electrons. The van der Waals surface area contributed by atoms with Crippen LogP contribution in [-0.2, 0) is 0 Å². The van der Waals surface area contributed by atoms with Crippen LogP contribution in [0.5, 0.6) is 5.75 Å². The predicted octanol–water partition coefficient (Wildman–Crippen LogP) is 1.79. The molecule has 0 aromatic heterocycles. The smallest absolute Gasteiger partial charge is 0.165 e. The molecule has 3 nitrogen and oxygen atoms in total. The van der Waals surface area contributed by atoms with Gasteiger partial charge in [0.2, 0.25) is 0 Å². The van der Waals surface area contributed by atoms with Crippen molar-refractivity contribution in [2.45, 2.75) is 12.8 Å². The Balaban J connectivity index is 2.50. The molecular formula is C11H13FO3. The molecule has 0 spiro atoms. The number of hydrogen-bond donors (Lipinski definition) is 1. The van der Waals surface area contributed by atoms with Gasteiger partial charge in [0.05, 0.1) is 6.61 Å². The van der Waals surface area contributed by atoms with Crippen molar-refractivity contribution in [1.82, 2.24) is 0 Å². The maximum absolute atomic E-state index is 13.2. The highest BCUT2D eigenvalue weighted by molar-refractivity contribution is 5.74. The van der Waals surface area contributed by atoms with E-state index in [2.05, 4.69) is 0 Å². The Morgan fingerprint density at radius 3 is 2.80 bits per heavy atom. The summed E-state index contributed by atoms with van der Waals surface area (Å²) in [5.41, 5.74) is 0.287. The molecule has 0 bridgehead atoms. The lowest BCUT2D eigenvalue weighted by atomic mass is 10.2. The number of aliphatic hydroxyl groups excluding tert-OH is 1. The number of carbonyl (C=O) groups is 1. The summed E-state index contributed by atoms with van der Waals surface area (Å²) in [6.07, 6.45) is 1.89. The normalized spacial score (nSPS) is 10.0. The summed E-state index contributed by atoms with van der Waals surface area (Å²) >= 11 is 0. The average Bonchev–Trinajstić information content (AvgIpc) is 2.26. The fourth-order valence-electron chi connectivity index (χ4n) is 1.10. The Bertz CT molecular complexity index is 326. The molecule has 15 heavy (non-hydrogen) atoms. The average molecular weight is 212 g/mol. The third-order valence-corrected chi connectivity index (χ3v) is 1.90. The van der Waals surface area contributed by atoms with Crippen molar-refractivity contribution >= 4 is 6.29 Å². The molecule has 1 aromatic rings. The van der Waals surface area contributed by atoms with Crippen LogP contribution >= 0.6 is 0 Å². The standard InChI is InChI=1S/C11H13FO3/c12-10-7-9(8-14)3-4-11(10)15-6-2-1-5-13/h3-4,7-8,13H,1-2,5-6H2. The molecule has 1 rings (SSSR count). The van der Waals surface area contributed by atoms with E-state index in [0.29, 0.717) is 25.7 Å². The Morgan fingerprint density at radius 2 is 2.20 bits per heavy atom. The van der Waals surface area contributed by atoms with Gasteiger partial charge < -0.3 is 9.84 Å². The molecule has 4 heteroatoms. The van der Waals surface area contributed by atoms with Gasteiger partial charge in [-0.3, -0.25) is 4.79 Å². The number of unbranched alkanes of at least 4 members (excludes halogenated alkanes) is 1. The van der Waals surface area contributed by atoms with E-state index >= 15 is 0 Å². The molecule has 0 fully saturated rings. The lowest BCUT2D eigenvalue weighted by molar-refractivity contribution is 0.112. The fraction of sp³-hybridized carbons (Fsp3) is 0.364. The summed E-state index contributed by atoms with van der Waals surface area (Å²) in [6.45, 7) is 0.466. The zero-order valence-corrected chi connectivity index (χ0v) is 8.28. The van der Waals surface area contributed by atoms with Crippen LogP contribution in [0.2, 0.25) is 0 Å². The SMILES string of the molecule is O=Cc1ccc(OCCCCO)c(F)c1. The van der Waals surface area contributed by atoms with Crippen molar-refractivity contribution in [3.05, 3.63) is 29.6 Å². The molecule has 1 N–H and O–H groups in total. The highest BCUT2D eigenvalue weighted by Crippen LogP contribution is 2.17. The highest BCUT2D eigenvalue weighted by atomic mass is 19.1. The summed E-state index contributed by atoms with van der Waals surface area (Å²) in [5.74, 6) is -0.401. The number of benzene rings is 1. The number of ether oxygens (including phenoxy) is 1. The molecule has 0 atom stereocenters. The van der Waals surface area contributed by atoms with Crippen LogP contribution in [0.25, 0.3) is 0 Å². The minimum Gasteiger partial charge on any atom is -0.491 e. The molecule has 0 radical (unpaired) electrons. The topological polar surface area (TPSA) is 46.5 Å². The summed E-state index contributed by atoms with van der Waals surface area (Å²) < 4.78 is 18.3. The first-order valence-corrected chi connectivity index (χ1v) is 4.76. The number of aldehydes is 1. The van der Waals surface area contributed by atoms with Crippen LogP contribution in [0.3, 0.4) is 0 Å². The summed E-state index contributed by atoms with van der Waals surface area (Å²) in [7, 11) is 0. The first kappa shape index (κ1) is 11.7.